The molecule has 1 heterocycles. The number of hydrogen-bond donors (Lipinski definition) is 1. The first-order chi connectivity index (χ1) is 6.75. The lowest BCUT2D eigenvalue weighted by atomic mass is 10.2. The summed E-state index contributed by atoms with van der Waals surface area (Å²) in [5.74, 6) is 0. The molecule has 0 atom stereocenters. The van der Waals surface area contributed by atoms with E-state index in [1.165, 1.54) is 31.4 Å². The van der Waals surface area contributed by atoms with Crippen molar-refractivity contribution < 1.29 is 0 Å². The standard InChI is InChI=1S/C12H18N2/c1-9-7-8-12(10(2)13-9)14-11-5-3-4-6-11/h7-8,11,14H,3-6H2,1-2H3. The second-order valence-corrected chi connectivity index (χ2v) is 4.21. The van der Waals surface area contributed by atoms with Crippen molar-refractivity contribution in [3.05, 3.63) is 23.5 Å². The molecule has 2 nitrogen and oxygen atoms in total. The van der Waals surface area contributed by atoms with Crippen molar-refractivity contribution in [3.8, 4) is 0 Å². The SMILES string of the molecule is Cc1ccc(NC2CCCC2)c(C)n1. The summed E-state index contributed by atoms with van der Waals surface area (Å²) in [4.78, 5) is 4.45. The number of nitrogens with one attached hydrogen (secondary N) is 1. The van der Waals surface area contributed by atoms with E-state index in [2.05, 4.69) is 29.4 Å². The molecule has 0 spiro atoms. The zero-order valence-corrected chi connectivity index (χ0v) is 9.01. The lowest BCUT2D eigenvalue weighted by molar-refractivity contribution is 0.753. The fraction of sp³-hybridized carbons (Fsp3) is 0.583. The summed E-state index contributed by atoms with van der Waals surface area (Å²) in [5, 5.41) is 3.57. The van der Waals surface area contributed by atoms with Gasteiger partial charge in [-0.3, -0.25) is 4.98 Å². The summed E-state index contributed by atoms with van der Waals surface area (Å²) in [7, 11) is 0. The minimum Gasteiger partial charge on any atom is -0.381 e. The number of rotatable bonds is 2. The molecule has 0 amide bonds. The van der Waals surface area contributed by atoms with Crippen molar-refractivity contribution in [1.29, 1.82) is 0 Å². The van der Waals surface area contributed by atoms with Gasteiger partial charge in [-0.1, -0.05) is 12.8 Å². The van der Waals surface area contributed by atoms with Crippen LogP contribution in [0.5, 0.6) is 0 Å². The van der Waals surface area contributed by atoms with Crippen LogP contribution >= 0.6 is 0 Å². The molecule has 0 radical (unpaired) electrons. The lowest BCUT2D eigenvalue weighted by Gasteiger charge is -2.15. The van der Waals surface area contributed by atoms with E-state index < -0.39 is 0 Å². The molecule has 1 saturated carbocycles. The summed E-state index contributed by atoms with van der Waals surface area (Å²) in [5.41, 5.74) is 3.43. The highest BCUT2D eigenvalue weighted by Crippen LogP contribution is 2.23. The van der Waals surface area contributed by atoms with Gasteiger partial charge in [0.1, 0.15) is 0 Å². The van der Waals surface area contributed by atoms with Crippen molar-refractivity contribution in [2.24, 2.45) is 0 Å². The van der Waals surface area contributed by atoms with Gasteiger partial charge in [-0.05, 0) is 38.8 Å². The van der Waals surface area contributed by atoms with Crippen LogP contribution in [0.3, 0.4) is 0 Å². The predicted octanol–water partition coefficient (Wildman–Crippen LogP) is 3.05. The first-order valence-electron chi connectivity index (χ1n) is 5.46. The van der Waals surface area contributed by atoms with E-state index in [1.807, 2.05) is 6.92 Å². The van der Waals surface area contributed by atoms with Gasteiger partial charge in [0.05, 0.1) is 11.4 Å². The Hall–Kier alpha value is -1.05. The van der Waals surface area contributed by atoms with Crippen LogP contribution in [0, 0.1) is 13.8 Å². The van der Waals surface area contributed by atoms with Gasteiger partial charge in [0, 0.05) is 11.7 Å². The largest absolute Gasteiger partial charge is 0.381 e. The Morgan fingerprint density at radius 3 is 2.57 bits per heavy atom. The first kappa shape index (κ1) is 9.50. The maximum absolute atomic E-state index is 4.45. The molecule has 0 saturated heterocycles. The summed E-state index contributed by atoms with van der Waals surface area (Å²) in [6, 6.07) is 4.90. The summed E-state index contributed by atoms with van der Waals surface area (Å²) < 4.78 is 0. The molecule has 76 valence electrons. The Morgan fingerprint density at radius 1 is 1.21 bits per heavy atom. The third kappa shape index (κ3) is 2.06. The van der Waals surface area contributed by atoms with E-state index in [4.69, 9.17) is 0 Å². The highest BCUT2D eigenvalue weighted by atomic mass is 14.9. The Bertz CT molecular complexity index is 314. The van der Waals surface area contributed by atoms with Gasteiger partial charge < -0.3 is 5.32 Å². The number of nitrogens with zero attached hydrogens (tertiary/aromatic N) is 1. The number of pyridine rings is 1. The van der Waals surface area contributed by atoms with E-state index in [0.717, 1.165) is 11.4 Å². The van der Waals surface area contributed by atoms with E-state index in [9.17, 15) is 0 Å². The molecular formula is C12H18N2. The van der Waals surface area contributed by atoms with Gasteiger partial charge in [-0.25, -0.2) is 0 Å². The van der Waals surface area contributed by atoms with Crippen LogP contribution in [-0.4, -0.2) is 11.0 Å². The molecule has 2 rings (SSSR count). The number of aryl methyl sites for hydroxylation is 2. The maximum atomic E-state index is 4.45. The molecular weight excluding hydrogens is 172 g/mol. The summed E-state index contributed by atoms with van der Waals surface area (Å²) >= 11 is 0. The fourth-order valence-corrected chi connectivity index (χ4v) is 2.13. The molecule has 1 aliphatic carbocycles. The molecule has 0 unspecified atom stereocenters. The van der Waals surface area contributed by atoms with Gasteiger partial charge in [-0.2, -0.15) is 0 Å². The maximum Gasteiger partial charge on any atom is 0.0606 e. The lowest BCUT2D eigenvalue weighted by Crippen LogP contribution is -2.15. The molecule has 1 aliphatic rings. The fourth-order valence-electron chi connectivity index (χ4n) is 2.13. The molecule has 1 fully saturated rings. The van der Waals surface area contributed by atoms with Crippen molar-refractivity contribution in [3.63, 3.8) is 0 Å². The van der Waals surface area contributed by atoms with Crippen molar-refractivity contribution in [2.75, 3.05) is 5.32 Å². The van der Waals surface area contributed by atoms with Crippen LogP contribution in [0.4, 0.5) is 5.69 Å². The molecule has 14 heavy (non-hydrogen) atoms. The predicted molar refractivity (Wildman–Crippen MR) is 59.6 cm³/mol. The Kier molecular flexibility index (Phi) is 2.71. The summed E-state index contributed by atoms with van der Waals surface area (Å²) in [6.45, 7) is 4.11. The topological polar surface area (TPSA) is 24.9 Å². The normalized spacial score (nSPS) is 17.3. The molecule has 0 bridgehead atoms. The van der Waals surface area contributed by atoms with Crippen LogP contribution in [0.1, 0.15) is 37.1 Å². The minimum atomic E-state index is 0.679. The summed E-state index contributed by atoms with van der Waals surface area (Å²) in [6.07, 6.45) is 5.37. The van der Waals surface area contributed by atoms with Crippen LogP contribution in [-0.2, 0) is 0 Å². The second-order valence-electron chi connectivity index (χ2n) is 4.21. The van der Waals surface area contributed by atoms with Gasteiger partial charge in [0.2, 0.25) is 0 Å². The first-order valence-corrected chi connectivity index (χ1v) is 5.46. The molecule has 1 aromatic heterocycles. The molecule has 2 heteroatoms. The monoisotopic (exact) mass is 190 g/mol. The van der Waals surface area contributed by atoms with E-state index in [1.54, 1.807) is 0 Å². The molecule has 0 aliphatic heterocycles. The number of anilines is 1. The van der Waals surface area contributed by atoms with E-state index in [-0.39, 0.29) is 0 Å². The van der Waals surface area contributed by atoms with Crippen LogP contribution in [0.25, 0.3) is 0 Å². The quantitative estimate of drug-likeness (QED) is 0.775. The molecule has 1 N–H and O–H groups in total. The third-order valence-corrected chi connectivity index (χ3v) is 2.94. The van der Waals surface area contributed by atoms with Gasteiger partial charge in [-0.15, -0.1) is 0 Å². The van der Waals surface area contributed by atoms with Crippen LogP contribution < -0.4 is 5.32 Å². The minimum absolute atomic E-state index is 0.679. The zero-order chi connectivity index (χ0) is 9.97. The smallest absolute Gasteiger partial charge is 0.0606 e. The van der Waals surface area contributed by atoms with Crippen molar-refractivity contribution in [2.45, 2.75) is 45.6 Å². The molecule has 1 aromatic rings. The molecule has 0 aromatic carbocycles. The second kappa shape index (κ2) is 3.99. The number of hydrogen-bond acceptors (Lipinski definition) is 2. The van der Waals surface area contributed by atoms with Gasteiger partial charge in [0.15, 0.2) is 0 Å². The van der Waals surface area contributed by atoms with Crippen LogP contribution in [0.2, 0.25) is 0 Å². The third-order valence-electron chi connectivity index (χ3n) is 2.94. The Labute approximate surface area is 85.7 Å². The van der Waals surface area contributed by atoms with Gasteiger partial charge >= 0.3 is 0 Å². The highest BCUT2D eigenvalue weighted by Gasteiger charge is 2.15. The highest BCUT2D eigenvalue weighted by molar-refractivity contribution is 5.48. The van der Waals surface area contributed by atoms with E-state index in [0.29, 0.717) is 6.04 Å². The number of aromatic nitrogens is 1. The van der Waals surface area contributed by atoms with Crippen LogP contribution in [0.15, 0.2) is 12.1 Å². The van der Waals surface area contributed by atoms with Gasteiger partial charge in [0.25, 0.3) is 0 Å². The average Bonchev–Trinajstić information content (AvgIpc) is 2.62. The Morgan fingerprint density at radius 2 is 1.93 bits per heavy atom. The Balaban J connectivity index is 2.08. The average molecular weight is 190 g/mol. The van der Waals surface area contributed by atoms with E-state index >= 15 is 0 Å². The van der Waals surface area contributed by atoms with Crippen molar-refractivity contribution >= 4 is 5.69 Å². The van der Waals surface area contributed by atoms with Crippen molar-refractivity contribution in [1.82, 2.24) is 4.98 Å². The zero-order valence-electron chi connectivity index (χ0n) is 9.01.